The summed E-state index contributed by atoms with van der Waals surface area (Å²) < 4.78 is 7.87. The minimum Gasteiger partial charge on any atom is -0.371 e. The monoisotopic (exact) mass is 258 g/mol. The van der Waals surface area contributed by atoms with E-state index in [9.17, 15) is 0 Å². The van der Waals surface area contributed by atoms with E-state index in [-0.39, 0.29) is 6.10 Å². The molecule has 0 bridgehead atoms. The predicted molar refractivity (Wildman–Crippen MR) is 72.3 cm³/mol. The molecule has 0 radical (unpaired) electrons. The first-order valence-corrected chi connectivity index (χ1v) is 7.01. The average Bonchev–Trinajstić information content (AvgIpc) is 3.17. The SMILES string of the molecule is C[C@@H]1CN(c2nc3ccccn3n2)C[C@H](C2CC2)O1. The Morgan fingerprint density at radius 1 is 1.26 bits per heavy atom. The Labute approximate surface area is 112 Å². The molecule has 0 spiro atoms. The molecule has 2 aromatic rings. The molecule has 100 valence electrons. The van der Waals surface area contributed by atoms with Crippen molar-refractivity contribution in [3.8, 4) is 0 Å². The van der Waals surface area contributed by atoms with Crippen LogP contribution in [0.5, 0.6) is 0 Å². The van der Waals surface area contributed by atoms with Gasteiger partial charge in [-0.1, -0.05) is 6.07 Å². The lowest BCUT2D eigenvalue weighted by atomic mass is 10.1. The summed E-state index contributed by atoms with van der Waals surface area (Å²) in [7, 11) is 0. The summed E-state index contributed by atoms with van der Waals surface area (Å²) in [5.41, 5.74) is 0.902. The van der Waals surface area contributed by atoms with E-state index in [0.717, 1.165) is 30.6 Å². The van der Waals surface area contributed by atoms with Gasteiger partial charge in [0.05, 0.1) is 12.2 Å². The van der Waals surface area contributed by atoms with Crippen LogP contribution in [0.25, 0.3) is 5.65 Å². The van der Waals surface area contributed by atoms with E-state index < -0.39 is 0 Å². The molecule has 5 heteroatoms. The molecule has 0 aromatic carbocycles. The molecule has 1 saturated carbocycles. The highest BCUT2D eigenvalue weighted by molar-refractivity contribution is 5.44. The third-order valence-electron chi connectivity index (χ3n) is 3.95. The fourth-order valence-electron chi connectivity index (χ4n) is 2.83. The summed E-state index contributed by atoms with van der Waals surface area (Å²) in [6.07, 6.45) is 5.17. The minimum atomic E-state index is 0.256. The van der Waals surface area contributed by atoms with Gasteiger partial charge >= 0.3 is 0 Å². The maximum Gasteiger partial charge on any atom is 0.245 e. The van der Waals surface area contributed by atoms with Crippen LogP contribution in [0.3, 0.4) is 0 Å². The number of pyridine rings is 1. The third kappa shape index (κ3) is 2.08. The molecule has 19 heavy (non-hydrogen) atoms. The van der Waals surface area contributed by atoms with Crippen molar-refractivity contribution in [3.05, 3.63) is 24.4 Å². The fourth-order valence-corrected chi connectivity index (χ4v) is 2.83. The molecule has 5 nitrogen and oxygen atoms in total. The standard InChI is InChI=1S/C14H18N4O/c1-10-8-17(9-12(19-10)11-5-6-11)14-15-13-4-2-3-7-18(13)16-14/h2-4,7,10-12H,5-6,8-9H2,1H3/t10-,12-/m1/s1. The predicted octanol–water partition coefficient (Wildman–Crippen LogP) is 1.73. The van der Waals surface area contributed by atoms with E-state index in [1.807, 2.05) is 28.9 Å². The number of nitrogens with zero attached hydrogens (tertiary/aromatic N) is 4. The van der Waals surface area contributed by atoms with Crippen molar-refractivity contribution in [3.63, 3.8) is 0 Å². The van der Waals surface area contributed by atoms with Gasteiger partial charge in [-0.05, 0) is 37.8 Å². The van der Waals surface area contributed by atoms with Crippen LogP contribution in [0.1, 0.15) is 19.8 Å². The van der Waals surface area contributed by atoms with Gasteiger partial charge in [0.2, 0.25) is 5.95 Å². The average molecular weight is 258 g/mol. The molecule has 0 N–H and O–H groups in total. The Morgan fingerprint density at radius 3 is 2.95 bits per heavy atom. The zero-order chi connectivity index (χ0) is 12.8. The highest BCUT2D eigenvalue weighted by Crippen LogP contribution is 2.37. The number of hydrogen-bond acceptors (Lipinski definition) is 4. The van der Waals surface area contributed by atoms with E-state index in [1.165, 1.54) is 12.8 Å². The quantitative estimate of drug-likeness (QED) is 0.823. The summed E-state index contributed by atoms with van der Waals surface area (Å²) >= 11 is 0. The van der Waals surface area contributed by atoms with Gasteiger partial charge in [0.25, 0.3) is 0 Å². The smallest absolute Gasteiger partial charge is 0.245 e. The molecular formula is C14H18N4O. The molecule has 1 aliphatic carbocycles. The second-order valence-corrected chi connectivity index (χ2v) is 5.64. The zero-order valence-corrected chi connectivity index (χ0v) is 11.1. The van der Waals surface area contributed by atoms with E-state index in [1.54, 1.807) is 0 Å². The molecule has 3 heterocycles. The maximum atomic E-state index is 6.03. The largest absolute Gasteiger partial charge is 0.371 e. The Bertz CT molecular complexity index is 559. The molecule has 1 aliphatic heterocycles. The molecule has 2 fully saturated rings. The minimum absolute atomic E-state index is 0.256. The van der Waals surface area contributed by atoms with Crippen molar-refractivity contribution in [1.29, 1.82) is 0 Å². The summed E-state index contributed by atoms with van der Waals surface area (Å²) in [5.74, 6) is 1.58. The normalized spacial score (nSPS) is 27.9. The van der Waals surface area contributed by atoms with E-state index in [2.05, 4.69) is 21.9 Å². The van der Waals surface area contributed by atoms with Gasteiger partial charge in [0, 0.05) is 19.3 Å². The van der Waals surface area contributed by atoms with Gasteiger partial charge in [-0.3, -0.25) is 0 Å². The van der Waals surface area contributed by atoms with Crippen LogP contribution in [0, 0.1) is 5.92 Å². The second kappa shape index (κ2) is 4.20. The van der Waals surface area contributed by atoms with Crippen molar-refractivity contribution in [2.75, 3.05) is 18.0 Å². The summed E-state index contributed by atoms with van der Waals surface area (Å²) in [6.45, 7) is 3.93. The number of ether oxygens (including phenoxy) is 1. The van der Waals surface area contributed by atoms with Crippen LogP contribution in [-0.2, 0) is 4.74 Å². The van der Waals surface area contributed by atoms with Crippen molar-refractivity contribution in [1.82, 2.24) is 14.6 Å². The zero-order valence-electron chi connectivity index (χ0n) is 11.1. The third-order valence-corrected chi connectivity index (χ3v) is 3.95. The highest BCUT2D eigenvalue weighted by atomic mass is 16.5. The summed E-state index contributed by atoms with van der Waals surface area (Å²) in [5, 5.41) is 4.56. The van der Waals surface area contributed by atoms with Gasteiger partial charge in [0.1, 0.15) is 0 Å². The fraction of sp³-hybridized carbons (Fsp3) is 0.571. The number of morpholine rings is 1. The number of anilines is 1. The van der Waals surface area contributed by atoms with Crippen LogP contribution in [-0.4, -0.2) is 39.9 Å². The van der Waals surface area contributed by atoms with Crippen molar-refractivity contribution >= 4 is 11.6 Å². The first kappa shape index (κ1) is 11.2. The van der Waals surface area contributed by atoms with Gasteiger partial charge in [-0.15, -0.1) is 5.10 Å². The van der Waals surface area contributed by atoms with Crippen molar-refractivity contribution in [2.24, 2.45) is 5.92 Å². The van der Waals surface area contributed by atoms with Crippen LogP contribution < -0.4 is 4.90 Å². The van der Waals surface area contributed by atoms with Gasteiger partial charge in [0.15, 0.2) is 5.65 Å². The summed E-state index contributed by atoms with van der Waals surface area (Å²) in [4.78, 5) is 6.88. The van der Waals surface area contributed by atoms with E-state index in [4.69, 9.17) is 4.74 Å². The first-order valence-electron chi connectivity index (χ1n) is 7.01. The molecule has 1 saturated heterocycles. The number of hydrogen-bond donors (Lipinski definition) is 0. The number of fused-ring (bicyclic) bond motifs is 1. The number of rotatable bonds is 2. The molecule has 0 unspecified atom stereocenters. The second-order valence-electron chi connectivity index (χ2n) is 5.64. The van der Waals surface area contributed by atoms with Crippen LogP contribution in [0.15, 0.2) is 24.4 Å². The van der Waals surface area contributed by atoms with Gasteiger partial charge < -0.3 is 9.64 Å². The Morgan fingerprint density at radius 2 is 2.16 bits per heavy atom. The van der Waals surface area contributed by atoms with Crippen LogP contribution in [0.2, 0.25) is 0 Å². The van der Waals surface area contributed by atoms with E-state index in [0.29, 0.717) is 6.10 Å². The number of aromatic nitrogens is 3. The Hall–Kier alpha value is -1.62. The summed E-state index contributed by atoms with van der Waals surface area (Å²) in [6, 6.07) is 5.95. The lowest BCUT2D eigenvalue weighted by molar-refractivity contribution is -0.0275. The first-order chi connectivity index (χ1) is 9.29. The maximum absolute atomic E-state index is 6.03. The lowest BCUT2D eigenvalue weighted by Crippen LogP contribution is -2.48. The molecule has 4 rings (SSSR count). The molecule has 2 aromatic heterocycles. The highest BCUT2D eigenvalue weighted by Gasteiger charge is 2.38. The lowest BCUT2D eigenvalue weighted by Gasteiger charge is -2.36. The van der Waals surface area contributed by atoms with Gasteiger partial charge in [-0.2, -0.15) is 4.98 Å². The Kier molecular flexibility index (Phi) is 2.48. The molecule has 0 amide bonds. The molecule has 2 aliphatic rings. The van der Waals surface area contributed by atoms with Crippen molar-refractivity contribution < 1.29 is 4.74 Å². The molecular weight excluding hydrogens is 240 g/mol. The van der Waals surface area contributed by atoms with Crippen LogP contribution >= 0.6 is 0 Å². The van der Waals surface area contributed by atoms with Crippen LogP contribution in [0.4, 0.5) is 5.95 Å². The van der Waals surface area contributed by atoms with Crippen molar-refractivity contribution in [2.45, 2.75) is 32.0 Å². The topological polar surface area (TPSA) is 42.7 Å². The molecule has 2 atom stereocenters. The van der Waals surface area contributed by atoms with E-state index >= 15 is 0 Å². The van der Waals surface area contributed by atoms with Gasteiger partial charge in [-0.25, -0.2) is 4.52 Å². The Balaban J connectivity index is 1.62.